The predicted molar refractivity (Wildman–Crippen MR) is 76.6 cm³/mol. The summed E-state index contributed by atoms with van der Waals surface area (Å²) in [5, 5.41) is 6.31. The summed E-state index contributed by atoms with van der Waals surface area (Å²) in [5.74, 6) is -0.522. The summed E-state index contributed by atoms with van der Waals surface area (Å²) in [7, 11) is 0. The monoisotopic (exact) mass is 317 g/mol. The van der Waals surface area contributed by atoms with Crippen molar-refractivity contribution in [2.75, 3.05) is 6.54 Å². The minimum atomic E-state index is -4.63. The van der Waals surface area contributed by atoms with E-state index < -0.39 is 17.8 Å². The number of aromatic nitrogens is 2. The molecule has 0 unspecified atom stereocenters. The van der Waals surface area contributed by atoms with Crippen LogP contribution >= 0.6 is 0 Å². The van der Waals surface area contributed by atoms with Crippen LogP contribution in [0, 0.1) is 12.8 Å². The van der Waals surface area contributed by atoms with Gasteiger partial charge in [0, 0.05) is 12.2 Å². The second-order valence-electron chi connectivity index (χ2n) is 6.29. The molecule has 0 radical (unpaired) electrons. The molecule has 1 aromatic rings. The van der Waals surface area contributed by atoms with E-state index in [2.05, 4.69) is 10.4 Å². The number of hydrogen-bond donors (Lipinski definition) is 1. The van der Waals surface area contributed by atoms with Gasteiger partial charge in [-0.1, -0.05) is 26.7 Å². The van der Waals surface area contributed by atoms with Gasteiger partial charge in [0.05, 0.1) is 11.6 Å². The lowest BCUT2D eigenvalue weighted by molar-refractivity contribution is -0.141. The van der Waals surface area contributed by atoms with Crippen LogP contribution in [0.3, 0.4) is 0 Å². The molecule has 1 aromatic heterocycles. The minimum Gasteiger partial charge on any atom is -0.352 e. The number of carbonyl (C=O) groups excluding carboxylic acids is 1. The van der Waals surface area contributed by atoms with Crippen molar-refractivity contribution in [2.45, 2.75) is 58.7 Å². The molecule has 124 valence electrons. The Morgan fingerprint density at radius 1 is 1.36 bits per heavy atom. The molecule has 1 saturated carbocycles. The van der Waals surface area contributed by atoms with Crippen LogP contribution in [-0.4, -0.2) is 22.2 Å². The Kier molecular flexibility index (Phi) is 4.82. The van der Waals surface area contributed by atoms with Crippen molar-refractivity contribution in [2.24, 2.45) is 5.92 Å². The zero-order valence-corrected chi connectivity index (χ0v) is 13.1. The normalized spacial score (nSPS) is 16.5. The second kappa shape index (κ2) is 6.30. The van der Waals surface area contributed by atoms with E-state index in [-0.39, 0.29) is 17.5 Å². The zero-order chi connectivity index (χ0) is 16.5. The molecular weight excluding hydrogens is 295 g/mol. The summed E-state index contributed by atoms with van der Waals surface area (Å²) in [6, 6.07) is -0.0345. The molecule has 0 aliphatic heterocycles. The number of halogens is 3. The van der Waals surface area contributed by atoms with Gasteiger partial charge in [-0.2, -0.15) is 18.3 Å². The lowest BCUT2D eigenvalue weighted by Crippen LogP contribution is -2.29. The SMILES string of the molecule is Cc1c(C(=O)NCC(C)C)c(C(F)(F)F)nn1C1CCCC1. The third-order valence-electron chi connectivity index (χ3n) is 3.99. The van der Waals surface area contributed by atoms with Crippen LogP contribution in [0.4, 0.5) is 13.2 Å². The number of alkyl halides is 3. The van der Waals surface area contributed by atoms with E-state index in [1.807, 2.05) is 13.8 Å². The Morgan fingerprint density at radius 2 is 1.95 bits per heavy atom. The van der Waals surface area contributed by atoms with Gasteiger partial charge in [-0.15, -0.1) is 0 Å². The number of amides is 1. The fourth-order valence-corrected chi connectivity index (χ4v) is 2.88. The minimum absolute atomic E-state index is 0.0345. The van der Waals surface area contributed by atoms with E-state index in [0.29, 0.717) is 12.2 Å². The third-order valence-corrected chi connectivity index (χ3v) is 3.99. The Morgan fingerprint density at radius 3 is 2.45 bits per heavy atom. The summed E-state index contributed by atoms with van der Waals surface area (Å²) in [4.78, 5) is 12.2. The molecule has 1 heterocycles. The van der Waals surface area contributed by atoms with Gasteiger partial charge in [0.15, 0.2) is 5.69 Å². The van der Waals surface area contributed by atoms with E-state index in [1.165, 1.54) is 4.68 Å². The summed E-state index contributed by atoms with van der Waals surface area (Å²) in [6.45, 7) is 5.66. The van der Waals surface area contributed by atoms with Crippen molar-refractivity contribution >= 4 is 5.91 Å². The summed E-state index contributed by atoms with van der Waals surface area (Å²) in [5.41, 5.74) is -1.10. The third kappa shape index (κ3) is 3.44. The van der Waals surface area contributed by atoms with Crippen LogP contribution < -0.4 is 5.32 Å². The van der Waals surface area contributed by atoms with Crippen molar-refractivity contribution in [3.8, 4) is 0 Å². The predicted octanol–water partition coefficient (Wildman–Crippen LogP) is 3.71. The maximum Gasteiger partial charge on any atom is 0.435 e. The van der Waals surface area contributed by atoms with E-state index >= 15 is 0 Å². The molecule has 0 aromatic carbocycles. The van der Waals surface area contributed by atoms with Crippen molar-refractivity contribution < 1.29 is 18.0 Å². The quantitative estimate of drug-likeness (QED) is 0.920. The number of nitrogens with one attached hydrogen (secondary N) is 1. The highest BCUT2D eigenvalue weighted by atomic mass is 19.4. The average molecular weight is 317 g/mol. The average Bonchev–Trinajstić information content (AvgIpc) is 3.02. The highest BCUT2D eigenvalue weighted by Crippen LogP contribution is 2.36. The molecule has 2 rings (SSSR count). The standard InChI is InChI=1S/C15H22F3N3O/c1-9(2)8-19-14(22)12-10(3)21(11-6-4-5-7-11)20-13(12)15(16,17)18/h9,11H,4-8H2,1-3H3,(H,19,22). The lowest BCUT2D eigenvalue weighted by Gasteiger charge is -2.12. The summed E-state index contributed by atoms with van der Waals surface area (Å²) >= 11 is 0. The van der Waals surface area contributed by atoms with Gasteiger partial charge in [0.2, 0.25) is 0 Å². The molecule has 7 heteroatoms. The van der Waals surface area contributed by atoms with E-state index in [4.69, 9.17) is 0 Å². The Labute approximate surface area is 128 Å². The molecule has 1 N–H and O–H groups in total. The Balaban J connectivity index is 2.39. The van der Waals surface area contributed by atoms with Gasteiger partial charge in [-0.25, -0.2) is 0 Å². The molecular formula is C15H22F3N3O. The van der Waals surface area contributed by atoms with Crippen LogP contribution in [0.15, 0.2) is 0 Å². The largest absolute Gasteiger partial charge is 0.435 e. The van der Waals surface area contributed by atoms with Gasteiger partial charge in [-0.3, -0.25) is 9.48 Å². The highest BCUT2D eigenvalue weighted by molar-refractivity contribution is 5.96. The van der Waals surface area contributed by atoms with Crippen molar-refractivity contribution in [3.63, 3.8) is 0 Å². The van der Waals surface area contributed by atoms with E-state index in [9.17, 15) is 18.0 Å². The van der Waals surface area contributed by atoms with Crippen LogP contribution in [0.2, 0.25) is 0 Å². The first-order valence-electron chi connectivity index (χ1n) is 7.66. The summed E-state index contributed by atoms with van der Waals surface area (Å²) in [6.07, 6.45) is -1.03. The van der Waals surface area contributed by atoms with E-state index in [0.717, 1.165) is 25.7 Å². The molecule has 0 atom stereocenters. The molecule has 0 saturated heterocycles. The molecule has 1 aliphatic rings. The van der Waals surface area contributed by atoms with Crippen LogP contribution in [-0.2, 0) is 6.18 Å². The number of nitrogens with zero attached hydrogens (tertiary/aromatic N) is 2. The summed E-state index contributed by atoms with van der Waals surface area (Å²) < 4.78 is 41.1. The number of rotatable bonds is 4. The maximum absolute atomic E-state index is 13.2. The fraction of sp³-hybridized carbons (Fsp3) is 0.733. The smallest absolute Gasteiger partial charge is 0.352 e. The topological polar surface area (TPSA) is 46.9 Å². The molecule has 1 fully saturated rings. The number of carbonyl (C=O) groups is 1. The highest BCUT2D eigenvalue weighted by Gasteiger charge is 2.41. The molecule has 4 nitrogen and oxygen atoms in total. The van der Waals surface area contributed by atoms with Crippen LogP contribution in [0.25, 0.3) is 0 Å². The second-order valence-corrected chi connectivity index (χ2v) is 6.29. The van der Waals surface area contributed by atoms with Gasteiger partial charge >= 0.3 is 6.18 Å². The van der Waals surface area contributed by atoms with Gasteiger partial charge in [0.25, 0.3) is 5.91 Å². The fourth-order valence-electron chi connectivity index (χ4n) is 2.88. The van der Waals surface area contributed by atoms with Gasteiger partial charge in [0.1, 0.15) is 0 Å². The van der Waals surface area contributed by atoms with Crippen LogP contribution in [0.1, 0.15) is 67.3 Å². The van der Waals surface area contributed by atoms with E-state index in [1.54, 1.807) is 6.92 Å². The molecule has 0 bridgehead atoms. The molecule has 0 spiro atoms. The Hall–Kier alpha value is -1.53. The van der Waals surface area contributed by atoms with Crippen LogP contribution in [0.5, 0.6) is 0 Å². The maximum atomic E-state index is 13.2. The Bertz CT molecular complexity index is 543. The van der Waals surface area contributed by atoms with Crippen molar-refractivity contribution in [3.05, 3.63) is 17.0 Å². The first-order valence-corrected chi connectivity index (χ1v) is 7.66. The van der Waals surface area contributed by atoms with Crippen molar-refractivity contribution in [1.82, 2.24) is 15.1 Å². The van der Waals surface area contributed by atoms with Gasteiger partial charge < -0.3 is 5.32 Å². The van der Waals surface area contributed by atoms with Crippen molar-refractivity contribution in [1.29, 1.82) is 0 Å². The molecule has 22 heavy (non-hydrogen) atoms. The first kappa shape index (κ1) is 16.8. The molecule has 1 aliphatic carbocycles. The first-order chi connectivity index (χ1) is 10.2. The van der Waals surface area contributed by atoms with Gasteiger partial charge in [-0.05, 0) is 25.7 Å². The lowest BCUT2D eigenvalue weighted by atomic mass is 10.1. The molecule has 1 amide bonds. The zero-order valence-electron chi connectivity index (χ0n) is 13.1. The number of hydrogen-bond acceptors (Lipinski definition) is 2.